The SMILES string of the molecule is CC(C)Cc1nc[c]c(Br)n1. The lowest BCUT2D eigenvalue weighted by Gasteiger charge is -2.01. The maximum atomic E-state index is 4.16. The van der Waals surface area contributed by atoms with Gasteiger partial charge in [-0.3, -0.25) is 0 Å². The first-order valence-corrected chi connectivity index (χ1v) is 4.37. The Morgan fingerprint density at radius 2 is 2.36 bits per heavy atom. The summed E-state index contributed by atoms with van der Waals surface area (Å²) < 4.78 is 0.739. The maximum absolute atomic E-state index is 4.16. The fourth-order valence-corrected chi connectivity index (χ4v) is 1.11. The van der Waals surface area contributed by atoms with Gasteiger partial charge in [0.05, 0.1) is 0 Å². The molecular weight excluding hydrogens is 204 g/mol. The molecule has 1 rings (SSSR count). The molecule has 1 aromatic rings. The van der Waals surface area contributed by atoms with Gasteiger partial charge in [0.25, 0.3) is 0 Å². The summed E-state index contributed by atoms with van der Waals surface area (Å²) in [4.78, 5) is 8.25. The van der Waals surface area contributed by atoms with E-state index in [4.69, 9.17) is 0 Å². The summed E-state index contributed by atoms with van der Waals surface area (Å²) >= 11 is 3.25. The van der Waals surface area contributed by atoms with Crippen LogP contribution in [0.25, 0.3) is 0 Å². The molecular formula is C8H10BrN2. The third kappa shape index (κ3) is 2.97. The van der Waals surface area contributed by atoms with E-state index in [2.05, 4.69) is 45.8 Å². The van der Waals surface area contributed by atoms with Gasteiger partial charge >= 0.3 is 0 Å². The van der Waals surface area contributed by atoms with E-state index in [9.17, 15) is 0 Å². The Kier molecular flexibility index (Phi) is 3.00. The summed E-state index contributed by atoms with van der Waals surface area (Å²) in [5.74, 6) is 1.48. The molecule has 2 nitrogen and oxygen atoms in total. The van der Waals surface area contributed by atoms with E-state index in [1.54, 1.807) is 6.20 Å². The van der Waals surface area contributed by atoms with Gasteiger partial charge in [-0.05, 0) is 21.8 Å². The molecule has 0 fully saturated rings. The summed E-state index contributed by atoms with van der Waals surface area (Å²) in [5, 5.41) is 0. The molecule has 0 N–H and O–H groups in total. The van der Waals surface area contributed by atoms with Crippen molar-refractivity contribution in [3.63, 3.8) is 0 Å². The van der Waals surface area contributed by atoms with E-state index >= 15 is 0 Å². The smallest absolute Gasteiger partial charge is 0.129 e. The quantitative estimate of drug-likeness (QED) is 0.705. The van der Waals surface area contributed by atoms with Gasteiger partial charge in [-0.15, -0.1) is 0 Å². The number of aromatic nitrogens is 2. The molecule has 1 aromatic heterocycles. The van der Waals surface area contributed by atoms with Crippen molar-refractivity contribution in [2.75, 3.05) is 0 Å². The van der Waals surface area contributed by atoms with Crippen molar-refractivity contribution in [3.8, 4) is 0 Å². The van der Waals surface area contributed by atoms with Crippen molar-refractivity contribution in [2.45, 2.75) is 20.3 Å². The summed E-state index contributed by atoms with van der Waals surface area (Å²) in [5.41, 5.74) is 0. The number of nitrogens with zero attached hydrogens (tertiary/aromatic N) is 2. The van der Waals surface area contributed by atoms with Gasteiger partial charge < -0.3 is 0 Å². The normalized spacial score (nSPS) is 10.5. The first-order valence-electron chi connectivity index (χ1n) is 3.57. The van der Waals surface area contributed by atoms with E-state index in [0.717, 1.165) is 16.8 Å². The Balaban J connectivity index is 2.71. The second-order valence-corrected chi connectivity index (χ2v) is 3.57. The molecule has 0 spiro atoms. The summed E-state index contributed by atoms with van der Waals surface area (Å²) in [6.45, 7) is 4.29. The molecule has 0 atom stereocenters. The van der Waals surface area contributed by atoms with Crippen LogP contribution < -0.4 is 0 Å². The standard InChI is InChI=1S/C8H10BrN2/c1-6(2)5-8-10-4-3-7(9)11-8/h4,6H,5H2,1-2H3. The zero-order valence-corrected chi connectivity index (χ0v) is 8.22. The van der Waals surface area contributed by atoms with Gasteiger partial charge in [-0.1, -0.05) is 13.8 Å². The molecule has 0 aromatic carbocycles. The lowest BCUT2D eigenvalue weighted by atomic mass is 10.1. The highest BCUT2D eigenvalue weighted by atomic mass is 79.9. The molecule has 1 radical (unpaired) electrons. The number of rotatable bonds is 2. The molecule has 11 heavy (non-hydrogen) atoms. The van der Waals surface area contributed by atoms with Crippen LogP contribution in [0, 0.1) is 12.0 Å². The lowest BCUT2D eigenvalue weighted by Crippen LogP contribution is -1.99. The third-order valence-corrected chi connectivity index (χ3v) is 1.62. The molecule has 0 saturated carbocycles. The largest absolute Gasteiger partial charge is 0.241 e. The number of hydrogen-bond acceptors (Lipinski definition) is 2. The fraction of sp³-hybridized carbons (Fsp3) is 0.500. The van der Waals surface area contributed by atoms with Crippen LogP contribution in [0.3, 0.4) is 0 Å². The molecule has 0 amide bonds. The zero-order chi connectivity index (χ0) is 8.27. The molecule has 0 aliphatic rings. The molecule has 1 heterocycles. The van der Waals surface area contributed by atoms with Crippen LogP contribution in [0.4, 0.5) is 0 Å². The molecule has 0 unspecified atom stereocenters. The van der Waals surface area contributed by atoms with Crippen molar-refractivity contribution in [1.29, 1.82) is 0 Å². The topological polar surface area (TPSA) is 25.8 Å². The zero-order valence-electron chi connectivity index (χ0n) is 6.63. The summed E-state index contributed by atoms with van der Waals surface area (Å²) in [7, 11) is 0. The van der Waals surface area contributed by atoms with Gasteiger partial charge in [-0.25, -0.2) is 9.97 Å². The van der Waals surface area contributed by atoms with Gasteiger partial charge in [0.15, 0.2) is 0 Å². The lowest BCUT2D eigenvalue weighted by molar-refractivity contribution is 0.619. The minimum absolute atomic E-state index is 0.601. The van der Waals surface area contributed by atoms with E-state index in [-0.39, 0.29) is 0 Å². The van der Waals surface area contributed by atoms with Gasteiger partial charge in [0.2, 0.25) is 0 Å². The molecule has 0 bridgehead atoms. The van der Waals surface area contributed by atoms with Crippen LogP contribution >= 0.6 is 15.9 Å². The van der Waals surface area contributed by atoms with Crippen LogP contribution in [-0.4, -0.2) is 9.97 Å². The Labute approximate surface area is 75.2 Å². The van der Waals surface area contributed by atoms with Crippen molar-refractivity contribution >= 4 is 15.9 Å². The average Bonchev–Trinajstić information content (AvgIpc) is 1.85. The Hall–Kier alpha value is -0.440. The molecule has 59 valence electrons. The van der Waals surface area contributed by atoms with Gasteiger partial charge in [0.1, 0.15) is 10.4 Å². The molecule has 0 aliphatic heterocycles. The minimum atomic E-state index is 0.601. The predicted molar refractivity (Wildman–Crippen MR) is 47.1 cm³/mol. The Morgan fingerprint density at radius 1 is 1.64 bits per heavy atom. The van der Waals surface area contributed by atoms with Crippen LogP contribution in [0.5, 0.6) is 0 Å². The first-order chi connectivity index (χ1) is 5.18. The highest BCUT2D eigenvalue weighted by Gasteiger charge is 2.00. The van der Waals surface area contributed by atoms with E-state index < -0.39 is 0 Å². The second-order valence-electron chi connectivity index (χ2n) is 2.82. The van der Waals surface area contributed by atoms with Crippen molar-refractivity contribution in [3.05, 3.63) is 22.7 Å². The van der Waals surface area contributed by atoms with Crippen molar-refractivity contribution in [2.24, 2.45) is 5.92 Å². The second kappa shape index (κ2) is 3.81. The predicted octanol–water partition coefficient (Wildman–Crippen LogP) is 2.24. The minimum Gasteiger partial charge on any atom is -0.241 e. The van der Waals surface area contributed by atoms with Crippen molar-refractivity contribution in [1.82, 2.24) is 9.97 Å². The number of halogens is 1. The van der Waals surface area contributed by atoms with E-state index in [1.165, 1.54) is 0 Å². The fourth-order valence-electron chi connectivity index (χ4n) is 0.798. The highest BCUT2D eigenvalue weighted by molar-refractivity contribution is 9.10. The Morgan fingerprint density at radius 3 is 2.91 bits per heavy atom. The number of hydrogen-bond donors (Lipinski definition) is 0. The summed E-state index contributed by atoms with van der Waals surface area (Å²) in [6, 6.07) is 2.84. The maximum Gasteiger partial charge on any atom is 0.129 e. The highest BCUT2D eigenvalue weighted by Crippen LogP contribution is 2.06. The van der Waals surface area contributed by atoms with Gasteiger partial charge in [0, 0.05) is 18.7 Å². The average molecular weight is 214 g/mol. The van der Waals surface area contributed by atoms with E-state index in [0.29, 0.717) is 5.92 Å². The third-order valence-electron chi connectivity index (χ3n) is 1.22. The van der Waals surface area contributed by atoms with Crippen LogP contribution in [0.1, 0.15) is 19.7 Å². The van der Waals surface area contributed by atoms with Crippen molar-refractivity contribution < 1.29 is 0 Å². The molecule has 0 aliphatic carbocycles. The van der Waals surface area contributed by atoms with Crippen LogP contribution in [0.15, 0.2) is 10.8 Å². The monoisotopic (exact) mass is 213 g/mol. The van der Waals surface area contributed by atoms with Gasteiger partial charge in [-0.2, -0.15) is 0 Å². The Bertz CT molecular complexity index is 235. The van der Waals surface area contributed by atoms with Crippen LogP contribution in [-0.2, 0) is 6.42 Å². The van der Waals surface area contributed by atoms with Crippen LogP contribution in [0.2, 0.25) is 0 Å². The first kappa shape index (κ1) is 8.65. The van der Waals surface area contributed by atoms with E-state index in [1.807, 2.05) is 0 Å². The molecule has 3 heteroatoms. The molecule has 0 saturated heterocycles. The summed E-state index contributed by atoms with van der Waals surface area (Å²) in [6.07, 6.45) is 2.57.